The Morgan fingerprint density at radius 3 is 2.67 bits per heavy atom. The number of esters is 1. The zero-order chi connectivity index (χ0) is 21.9. The highest BCUT2D eigenvalue weighted by atomic mass is 32.2. The number of hydrogen-bond donors (Lipinski definition) is 1. The van der Waals surface area contributed by atoms with Gasteiger partial charge >= 0.3 is 5.97 Å². The van der Waals surface area contributed by atoms with Crippen molar-refractivity contribution in [3.05, 3.63) is 47.1 Å². The summed E-state index contributed by atoms with van der Waals surface area (Å²) < 4.78 is 32.3. The molecule has 1 aliphatic heterocycles. The van der Waals surface area contributed by atoms with Crippen LogP contribution in [0.3, 0.4) is 0 Å². The first-order valence-corrected chi connectivity index (χ1v) is 11.4. The SMILES string of the molecule is CN(C)CCCC(=O)OC1=C(C(=O)Nc2nccs2)N(C)S(=O)(=O)c2ccccc21. The van der Waals surface area contributed by atoms with Gasteiger partial charge in [-0.3, -0.25) is 19.2 Å². The van der Waals surface area contributed by atoms with Crippen molar-refractivity contribution in [1.29, 1.82) is 0 Å². The average Bonchev–Trinajstić information content (AvgIpc) is 3.19. The number of carbonyl (C=O) groups is 2. The molecule has 0 saturated heterocycles. The molecule has 0 unspecified atom stereocenters. The molecule has 0 atom stereocenters. The second kappa shape index (κ2) is 8.94. The highest BCUT2D eigenvalue weighted by Crippen LogP contribution is 2.37. The van der Waals surface area contributed by atoms with Gasteiger partial charge < -0.3 is 9.64 Å². The molecule has 0 spiro atoms. The van der Waals surface area contributed by atoms with Gasteiger partial charge in [0.25, 0.3) is 15.9 Å². The highest BCUT2D eigenvalue weighted by Gasteiger charge is 2.39. The molecule has 1 N–H and O–H groups in total. The minimum Gasteiger partial charge on any atom is -0.423 e. The van der Waals surface area contributed by atoms with Crippen molar-refractivity contribution >= 4 is 44.1 Å². The topological polar surface area (TPSA) is 109 Å². The maximum Gasteiger partial charge on any atom is 0.311 e. The number of sulfonamides is 1. The monoisotopic (exact) mass is 450 g/mol. The summed E-state index contributed by atoms with van der Waals surface area (Å²) in [6.07, 6.45) is 2.20. The third kappa shape index (κ3) is 4.53. The summed E-state index contributed by atoms with van der Waals surface area (Å²) in [5.41, 5.74) is -0.106. The van der Waals surface area contributed by atoms with Crippen LogP contribution in [0.4, 0.5) is 5.13 Å². The number of hydrogen-bond acceptors (Lipinski definition) is 8. The normalized spacial score (nSPS) is 15.1. The third-order valence-corrected chi connectivity index (χ3v) is 6.87. The lowest BCUT2D eigenvalue weighted by atomic mass is 10.1. The molecule has 0 saturated carbocycles. The van der Waals surface area contributed by atoms with Crippen molar-refractivity contribution < 1.29 is 22.7 Å². The molecule has 160 valence electrons. The molecule has 9 nitrogen and oxygen atoms in total. The van der Waals surface area contributed by atoms with E-state index < -0.39 is 21.9 Å². The molecule has 1 aromatic heterocycles. The lowest BCUT2D eigenvalue weighted by Crippen LogP contribution is -2.38. The van der Waals surface area contributed by atoms with Gasteiger partial charge in [0.05, 0.1) is 4.90 Å². The summed E-state index contributed by atoms with van der Waals surface area (Å²) >= 11 is 1.18. The predicted octanol–water partition coefficient (Wildman–Crippen LogP) is 1.97. The number of benzene rings is 1. The number of anilines is 1. The fraction of sp³-hybridized carbons (Fsp3) is 0.316. The average molecular weight is 451 g/mol. The van der Waals surface area contributed by atoms with Gasteiger partial charge in [0.15, 0.2) is 16.6 Å². The van der Waals surface area contributed by atoms with E-state index in [4.69, 9.17) is 4.74 Å². The molecule has 0 bridgehead atoms. The van der Waals surface area contributed by atoms with Gasteiger partial charge in [-0.1, -0.05) is 12.1 Å². The van der Waals surface area contributed by atoms with E-state index in [2.05, 4.69) is 10.3 Å². The van der Waals surface area contributed by atoms with E-state index in [1.54, 1.807) is 17.5 Å². The van der Waals surface area contributed by atoms with E-state index in [0.29, 0.717) is 18.1 Å². The number of fused-ring (bicyclic) bond motifs is 1. The maximum absolute atomic E-state index is 13.0. The summed E-state index contributed by atoms with van der Waals surface area (Å²) in [5, 5.41) is 4.53. The predicted molar refractivity (Wildman–Crippen MR) is 113 cm³/mol. The van der Waals surface area contributed by atoms with Crippen LogP contribution in [0, 0.1) is 0 Å². The number of carbonyl (C=O) groups excluding carboxylic acids is 2. The molecular weight excluding hydrogens is 428 g/mol. The van der Waals surface area contributed by atoms with E-state index in [1.165, 1.54) is 36.7 Å². The Morgan fingerprint density at radius 1 is 1.27 bits per heavy atom. The number of nitrogens with zero attached hydrogens (tertiary/aromatic N) is 3. The van der Waals surface area contributed by atoms with E-state index in [0.717, 1.165) is 4.31 Å². The number of amides is 1. The number of aromatic nitrogens is 1. The molecule has 1 aliphatic rings. The molecule has 0 aliphatic carbocycles. The first-order chi connectivity index (χ1) is 14.2. The molecule has 0 fully saturated rings. The quantitative estimate of drug-likeness (QED) is 0.643. The van der Waals surface area contributed by atoms with Crippen molar-refractivity contribution in [2.45, 2.75) is 17.7 Å². The first-order valence-electron chi connectivity index (χ1n) is 9.10. The Morgan fingerprint density at radius 2 is 2.00 bits per heavy atom. The second-order valence-electron chi connectivity index (χ2n) is 6.82. The van der Waals surface area contributed by atoms with Gasteiger partial charge in [0.2, 0.25) is 0 Å². The van der Waals surface area contributed by atoms with Crippen molar-refractivity contribution in [2.24, 2.45) is 0 Å². The zero-order valence-electron chi connectivity index (χ0n) is 16.8. The smallest absolute Gasteiger partial charge is 0.311 e. The van der Waals surface area contributed by atoms with E-state index >= 15 is 0 Å². The number of ether oxygens (including phenoxy) is 1. The summed E-state index contributed by atoms with van der Waals surface area (Å²) in [4.78, 5) is 31.3. The molecule has 30 heavy (non-hydrogen) atoms. The highest BCUT2D eigenvalue weighted by molar-refractivity contribution is 7.89. The van der Waals surface area contributed by atoms with Gasteiger partial charge in [0, 0.05) is 30.6 Å². The van der Waals surface area contributed by atoms with E-state index in [-0.39, 0.29) is 28.3 Å². The van der Waals surface area contributed by atoms with Crippen LogP contribution in [-0.2, 0) is 24.3 Å². The number of rotatable bonds is 7. The Labute approximate surface area is 179 Å². The lowest BCUT2D eigenvalue weighted by Gasteiger charge is -2.29. The summed E-state index contributed by atoms with van der Waals surface area (Å²) in [7, 11) is 1.05. The van der Waals surface area contributed by atoms with Gasteiger partial charge in [-0.05, 0) is 39.2 Å². The van der Waals surface area contributed by atoms with Crippen LogP contribution < -0.4 is 5.32 Å². The van der Waals surface area contributed by atoms with Gasteiger partial charge in [-0.15, -0.1) is 11.3 Å². The number of likely N-dealkylation sites (N-methyl/N-ethyl adjacent to an activating group) is 1. The lowest BCUT2D eigenvalue weighted by molar-refractivity contribution is -0.137. The van der Waals surface area contributed by atoms with Crippen LogP contribution in [-0.4, -0.2) is 62.2 Å². The van der Waals surface area contributed by atoms with Crippen LogP contribution in [0.15, 0.2) is 46.4 Å². The van der Waals surface area contributed by atoms with Crippen molar-refractivity contribution in [1.82, 2.24) is 14.2 Å². The molecule has 2 heterocycles. The van der Waals surface area contributed by atoms with Gasteiger partial charge in [0.1, 0.15) is 0 Å². The van der Waals surface area contributed by atoms with Crippen LogP contribution >= 0.6 is 11.3 Å². The van der Waals surface area contributed by atoms with Crippen molar-refractivity contribution in [2.75, 3.05) is 33.0 Å². The molecule has 1 amide bonds. The standard InChI is InChI=1S/C19H22N4O5S2/c1-22(2)11-6-9-15(24)28-17-13-7-4-5-8-14(13)30(26,27)23(3)16(17)18(25)21-19-20-10-12-29-19/h4-5,7-8,10,12H,6,9,11H2,1-3H3,(H,20,21,25). The maximum atomic E-state index is 13.0. The van der Waals surface area contributed by atoms with E-state index in [1.807, 2.05) is 19.0 Å². The first kappa shape index (κ1) is 21.9. The number of nitrogens with one attached hydrogen (secondary N) is 1. The Balaban J connectivity index is 2.02. The fourth-order valence-corrected chi connectivity index (χ4v) is 4.83. The summed E-state index contributed by atoms with van der Waals surface area (Å²) in [5.74, 6) is -1.37. The molecular formula is C19H22N4O5S2. The van der Waals surface area contributed by atoms with Crippen LogP contribution in [0.25, 0.3) is 5.76 Å². The molecule has 3 rings (SSSR count). The van der Waals surface area contributed by atoms with Crippen molar-refractivity contribution in [3.8, 4) is 0 Å². The zero-order valence-corrected chi connectivity index (χ0v) is 18.4. The third-order valence-electron chi connectivity index (χ3n) is 4.37. The van der Waals surface area contributed by atoms with Gasteiger partial charge in [-0.2, -0.15) is 0 Å². The van der Waals surface area contributed by atoms with Crippen molar-refractivity contribution in [3.63, 3.8) is 0 Å². The van der Waals surface area contributed by atoms with Gasteiger partial charge in [-0.25, -0.2) is 13.4 Å². The largest absolute Gasteiger partial charge is 0.423 e. The van der Waals surface area contributed by atoms with Crippen LogP contribution in [0.1, 0.15) is 18.4 Å². The van der Waals surface area contributed by atoms with Crippen LogP contribution in [0.5, 0.6) is 0 Å². The van der Waals surface area contributed by atoms with Crippen LogP contribution in [0.2, 0.25) is 0 Å². The number of thiazole rings is 1. The minimum absolute atomic E-state index is 0.0330. The Hall–Kier alpha value is -2.76. The minimum atomic E-state index is -3.99. The second-order valence-corrected chi connectivity index (χ2v) is 9.65. The Kier molecular flexibility index (Phi) is 6.54. The summed E-state index contributed by atoms with van der Waals surface area (Å²) in [6.45, 7) is 0.691. The molecule has 0 radical (unpaired) electrons. The summed E-state index contributed by atoms with van der Waals surface area (Å²) in [6, 6.07) is 6.12. The molecule has 11 heteroatoms. The molecule has 2 aromatic rings. The molecule has 1 aromatic carbocycles. The van der Waals surface area contributed by atoms with E-state index in [9.17, 15) is 18.0 Å². The Bertz CT molecular complexity index is 1080. The fourth-order valence-electron chi connectivity index (χ4n) is 2.91.